The monoisotopic (exact) mass is 291 g/mol. The molecule has 0 radical (unpaired) electrons. The van der Waals surface area contributed by atoms with Crippen LogP contribution in [-0.2, 0) is 11.0 Å². The molecular weight excluding hydrogens is 275 g/mol. The van der Waals surface area contributed by atoms with Crippen LogP contribution in [-0.4, -0.2) is 33.4 Å². The number of rotatable bonds is 3. The molecule has 1 heterocycles. The van der Waals surface area contributed by atoms with Crippen molar-refractivity contribution in [2.75, 3.05) is 7.05 Å². The minimum atomic E-state index is -4.43. The molecule has 1 fully saturated rings. The van der Waals surface area contributed by atoms with E-state index in [0.717, 1.165) is 12.4 Å². The molecule has 8 heteroatoms. The van der Waals surface area contributed by atoms with Gasteiger partial charge in [0.1, 0.15) is 5.54 Å². The second kappa shape index (κ2) is 5.08. The van der Waals surface area contributed by atoms with Gasteiger partial charge < -0.3 is 10.4 Å². The van der Waals surface area contributed by atoms with Gasteiger partial charge in [0.2, 0.25) is 0 Å². The third-order valence-corrected chi connectivity index (χ3v) is 3.92. The Kier molecular flexibility index (Phi) is 3.77. The maximum absolute atomic E-state index is 12.6. The lowest BCUT2D eigenvalue weighted by Gasteiger charge is -2.37. The molecule has 2 atom stereocenters. The van der Waals surface area contributed by atoms with Crippen LogP contribution in [0.15, 0.2) is 12.4 Å². The molecule has 0 amide bonds. The first-order valence-electron chi connectivity index (χ1n) is 6.32. The largest absolute Gasteiger partial charge is 0.480 e. The quantitative estimate of drug-likeness (QED) is 0.894. The van der Waals surface area contributed by atoms with E-state index >= 15 is 0 Å². The summed E-state index contributed by atoms with van der Waals surface area (Å²) in [6.45, 7) is 0. The number of halogens is 3. The van der Waals surface area contributed by atoms with Crippen molar-refractivity contribution >= 4 is 5.97 Å². The van der Waals surface area contributed by atoms with E-state index in [2.05, 4.69) is 10.4 Å². The zero-order valence-electron chi connectivity index (χ0n) is 10.9. The zero-order chi connectivity index (χ0) is 15.0. The van der Waals surface area contributed by atoms with Crippen LogP contribution in [0.1, 0.15) is 37.3 Å². The van der Waals surface area contributed by atoms with Crippen molar-refractivity contribution in [2.45, 2.75) is 43.4 Å². The molecule has 0 aliphatic heterocycles. The van der Waals surface area contributed by atoms with E-state index in [4.69, 9.17) is 0 Å². The number of hydrogen-bond acceptors (Lipinski definition) is 3. The second-order valence-corrected chi connectivity index (χ2v) is 5.09. The maximum atomic E-state index is 12.6. The molecule has 1 aliphatic carbocycles. The summed E-state index contributed by atoms with van der Waals surface area (Å²) >= 11 is 0. The van der Waals surface area contributed by atoms with Crippen LogP contribution in [0.5, 0.6) is 0 Å². The van der Waals surface area contributed by atoms with Crippen molar-refractivity contribution < 1.29 is 23.1 Å². The first-order chi connectivity index (χ1) is 9.28. The summed E-state index contributed by atoms with van der Waals surface area (Å²) in [7, 11) is 1.56. The van der Waals surface area contributed by atoms with Crippen LogP contribution >= 0.6 is 0 Å². The van der Waals surface area contributed by atoms with Crippen LogP contribution in [0.3, 0.4) is 0 Å². The van der Waals surface area contributed by atoms with Crippen LogP contribution in [0.4, 0.5) is 13.2 Å². The molecule has 5 nitrogen and oxygen atoms in total. The lowest BCUT2D eigenvalue weighted by atomic mass is 9.79. The summed E-state index contributed by atoms with van der Waals surface area (Å²) in [5.74, 6) is -0.979. The highest BCUT2D eigenvalue weighted by Crippen LogP contribution is 2.36. The third-order valence-electron chi connectivity index (χ3n) is 3.92. The molecule has 0 aromatic carbocycles. The van der Waals surface area contributed by atoms with Gasteiger partial charge in [0.05, 0.1) is 17.8 Å². The average molecular weight is 291 g/mol. The molecule has 20 heavy (non-hydrogen) atoms. The Labute approximate surface area is 113 Å². The number of aromatic nitrogens is 2. The number of nitrogens with one attached hydrogen (secondary N) is 1. The summed E-state index contributed by atoms with van der Waals surface area (Å²) < 4.78 is 38.9. The third kappa shape index (κ3) is 2.65. The fourth-order valence-electron chi connectivity index (χ4n) is 2.68. The van der Waals surface area contributed by atoms with Crippen molar-refractivity contribution in [3.8, 4) is 0 Å². The summed E-state index contributed by atoms with van der Waals surface area (Å²) in [6, 6.07) is -0.344. The summed E-state index contributed by atoms with van der Waals surface area (Å²) in [5.41, 5.74) is -1.90. The lowest BCUT2D eigenvalue weighted by molar-refractivity contribution is -0.147. The second-order valence-electron chi connectivity index (χ2n) is 5.09. The fraction of sp³-hybridized carbons (Fsp3) is 0.667. The predicted molar refractivity (Wildman–Crippen MR) is 64.2 cm³/mol. The highest BCUT2D eigenvalue weighted by molar-refractivity contribution is 5.79. The minimum absolute atomic E-state index is 0.220. The van der Waals surface area contributed by atoms with Gasteiger partial charge in [-0.15, -0.1) is 0 Å². The van der Waals surface area contributed by atoms with E-state index in [9.17, 15) is 23.1 Å². The van der Waals surface area contributed by atoms with Crippen LogP contribution in [0.2, 0.25) is 0 Å². The summed E-state index contributed by atoms with van der Waals surface area (Å²) in [5, 5.41) is 15.8. The van der Waals surface area contributed by atoms with Crippen LogP contribution < -0.4 is 5.32 Å². The van der Waals surface area contributed by atoms with Gasteiger partial charge in [0, 0.05) is 6.20 Å². The van der Waals surface area contributed by atoms with Crippen LogP contribution in [0, 0.1) is 0 Å². The number of aliphatic carboxylic acids is 1. The predicted octanol–water partition coefficient (Wildman–Crippen LogP) is 2.06. The van der Waals surface area contributed by atoms with Gasteiger partial charge in [0.25, 0.3) is 0 Å². The van der Waals surface area contributed by atoms with Crippen molar-refractivity contribution in [3.05, 3.63) is 18.0 Å². The van der Waals surface area contributed by atoms with Gasteiger partial charge >= 0.3 is 12.1 Å². The lowest BCUT2D eigenvalue weighted by Crippen LogP contribution is -2.53. The molecule has 2 unspecified atom stereocenters. The Hall–Kier alpha value is -1.57. The molecule has 2 rings (SSSR count). The van der Waals surface area contributed by atoms with Crippen molar-refractivity contribution in [1.29, 1.82) is 0 Å². The standard InChI is InChI=1S/C12H16F3N3O2/c1-16-11(10(19)20)4-2-3-9(5-11)18-7-8(6-17-18)12(13,14)15/h6-7,9,16H,2-5H2,1H3,(H,19,20). The Morgan fingerprint density at radius 1 is 1.60 bits per heavy atom. The van der Waals surface area contributed by atoms with Gasteiger partial charge in [-0.05, 0) is 32.7 Å². The molecule has 0 bridgehead atoms. The number of carbonyl (C=O) groups is 1. The Morgan fingerprint density at radius 2 is 2.30 bits per heavy atom. The Morgan fingerprint density at radius 3 is 2.80 bits per heavy atom. The average Bonchev–Trinajstić information content (AvgIpc) is 2.88. The molecule has 1 saturated carbocycles. The molecule has 1 aromatic rings. The fourth-order valence-corrected chi connectivity index (χ4v) is 2.68. The number of nitrogens with zero attached hydrogens (tertiary/aromatic N) is 2. The molecule has 1 aromatic heterocycles. The van der Waals surface area contributed by atoms with E-state index in [1.54, 1.807) is 7.05 Å². The van der Waals surface area contributed by atoms with Gasteiger partial charge in [0.15, 0.2) is 0 Å². The van der Waals surface area contributed by atoms with Gasteiger partial charge in [-0.2, -0.15) is 18.3 Å². The van der Waals surface area contributed by atoms with E-state index in [1.807, 2.05) is 0 Å². The van der Waals surface area contributed by atoms with E-state index in [0.29, 0.717) is 19.3 Å². The molecule has 2 N–H and O–H groups in total. The molecule has 1 aliphatic rings. The first kappa shape index (κ1) is 14.8. The summed E-state index contributed by atoms with van der Waals surface area (Å²) in [4.78, 5) is 11.4. The molecule has 0 spiro atoms. The Balaban J connectivity index is 2.21. The number of carboxylic acid groups (broad SMARTS) is 1. The number of likely N-dealkylation sites (N-methyl/N-ethyl adjacent to an activating group) is 1. The number of carboxylic acids is 1. The SMILES string of the molecule is CNC1(C(=O)O)CCCC(n2cc(C(F)(F)F)cn2)C1. The zero-order valence-corrected chi connectivity index (χ0v) is 10.9. The topological polar surface area (TPSA) is 67.2 Å². The van der Waals surface area contributed by atoms with E-state index in [-0.39, 0.29) is 12.5 Å². The Bertz CT molecular complexity index is 500. The molecular formula is C12H16F3N3O2. The highest BCUT2D eigenvalue weighted by Gasteiger charge is 2.43. The maximum Gasteiger partial charge on any atom is 0.419 e. The smallest absolute Gasteiger partial charge is 0.419 e. The normalized spacial score (nSPS) is 27.5. The van der Waals surface area contributed by atoms with Gasteiger partial charge in [-0.25, -0.2) is 0 Å². The van der Waals surface area contributed by atoms with Crippen molar-refractivity contribution in [2.24, 2.45) is 0 Å². The molecule has 112 valence electrons. The number of alkyl halides is 3. The van der Waals surface area contributed by atoms with Crippen LogP contribution in [0.25, 0.3) is 0 Å². The first-order valence-corrected chi connectivity index (χ1v) is 6.32. The highest BCUT2D eigenvalue weighted by atomic mass is 19.4. The van der Waals surface area contributed by atoms with E-state index < -0.39 is 23.2 Å². The molecule has 0 saturated heterocycles. The van der Waals surface area contributed by atoms with Crippen molar-refractivity contribution in [1.82, 2.24) is 15.1 Å². The summed E-state index contributed by atoms with van der Waals surface area (Å²) in [6.07, 6.45) is -0.788. The van der Waals surface area contributed by atoms with Gasteiger partial charge in [-0.1, -0.05) is 0 Å². The van der Waals surface area contributed by atoms with Crippen molar-refractivity contribution in [3.63, 3.8) is 0 Å². The minimum Gasteiger partial charge on any atom is -0.480 e. The number of hydrogen-bond donors (Lipinski definition) is 2. The van der Waals surface area contributed by atoms with Gasteiger partial charge in [-0.3, -0.25) is 9.48 Å². The van der Waals surface area contributed by atoms with E-state index in [1.165, 1.54) is 4.68 Å².